The van der Waals surface area contributed by atoms with Crippen LogP contribution < -0.4 is 10.2 Å². The van der Waals surface area contributed by atoms with E-state index in [0.717, 1.165) is 53.4 Å². The van der Waals surface area contributed by atoms with Gasteiger partial charge in [0, 0.05) is 42.1 Å². The predicted molar refractivity (Wildman–Crippen MR) is 107 cm³/mol. The Labute approximate surface area is 160 Å². The van der Waals surface area contributed by atoms with Crippen molar-refractivity contribution in [1.82, 2.24) is 14.9 Å². The summed E-state index contributed by atoms with van der Waals surface area (Å²) in [5.74, 6) is 1.11. The van der Waals surface area contributed by atoms with Crippen LogP contribution in [0.25, 0.3) is 0 Å². The number of nitrogens with one attached hydrogen (secondary N) is 1. The molecule has 6 heteroatoms. The summed E-state index contributed by atoms with van der Waals surface area (Å²) in [5.41, 5.74) is 5.40. The number of amides is 1. The van der Waals surface area contributed by atoms with E-state index in [1.165, 1.54) is 0 Å². The molecule has 0 radical (unpaired) electrons. The maximum absolute atomic E-state index is 12.5. The molecular formula is C21H27N5O. The largest absolute Gasteiger partial charge is 0.353 e. The van der Waals surface area contributed by atoms with Crippen LogP contribution in [-0.4, -0.2) is 52.5 Å². The summed E-state index contributed by atoms with van der Waals surface area (Å²) < 4.78 is 0. The summed E-state index contributed by atoms with van der Waals surface area (Å²) in [7, 11) is 0. The van der Waals surface area contributed by atoms with Crippen LogP contribution in [0.5, 0.6) is 0 Å². The fourth-order valence-corrected chi connectivity index (χ4v) is 4.38. The number of anilines is 2. The molecule has 2 unspecified atom stereocenters. The van der Waals surface area contributed by atoms with Gasteiger partial charge >= 0.3 is 0 Å². The number of carbonyl (C=O) groups excluding carboxylic acids is 1. The van der Waals surface area contributed by atoms with Crippen molar-refractivity contribution >= 4 is 17.4 Å². The Morgan fingerprint density at radius 2 is 1.74 bits per heavy atom. The molecule has 1 aromatic carbocycles. The number of carbonyl (C=O) groups is 1. The molecule has 3 aliphatic heterocycles. The Kier molecular flexibility index (Phi) is 4.60. The molecule has 2 atom stereocenters. The molecule has 0 aliphatic carbocycles. The molecule has 1 amide bonds. The van der Waals surface area contributed by atoms with Gasteiger partial charge in [0.2, 0.25) is 5.91 Å². The summed E-state index contributed by atoms with van der Waals surface area (Å²) in [6.45, 7) is 10.5. The van der Waals surface area contributed by atoms with E-state index in [-0.39, 0.29) is 5.91 Å². The second kappa shape index (κ2) is 6.93. The van der Waals surface area contributed by atoms with Gasteiger partial charge in [-0.15, -0.1) is 0 Å². The van der Waals surface area contributed by atoms with Crippen LogP contribution in [0.4, 0.5) is 11.5 Å². The lowest BCUT2D eigenvalue weighted by molar-refractivity contribution is -0.121. The number of hydrogen-bond donors (Lipinski definition) is 1. The lowest BCUT2D eigenvalue weighted by Gasteiger charge is -2.56. The van der Waals surface area contributed by atoms with E-state index in [2.05, 4.69) is 38.1 Å². The van der Waals surface area contributed by atoms with Crippen molar-refractivity contribution < 1.29 is 4.79 Å². The van der Waals surface area contributed by atoms with Gasteiger partial charge in [0.15, 0.2) is 0 Å². The second-order valence-corrected chi connectivity index (χ2v) is 7.95. The van der Waals surface area contributed by atoms with E-state index in [9.17, 15) is 4.79 Å². The number of benzene rings is 1. The lowest BCUT2D eigenvalue weighted by atomic mass is 9.87. The molecule has 1 N–H and O–H groups in total. The van der Waals surface area contributed by atoms with Crippen molar-refractivity contribution in [3.63, 3.8) is 0 Å². The van der Waals surface area contributed by atoms with E-state index in [1.807, 2.05) is 32.9 Å². The van der Waals surface area contributed by atoms with E-state index in [0.29, 0.717) is 18.6 Å². The summed E-state index contributed by atoms with van der Waals surface area (Å²) in [6.07, 6.45) is 2.81. The van der Waals surface area contributed by atoms with Crippen LogP contribution >= 0.6 is 0 Å². The van der Waals surface area contributed by atoms with Crippen LogP contribution in [0.2, 0.25) is 0 Å². The average molecular weight is 365 g/mol. The number of rotatable bonds is 4. The minimum absolute atomic E-state index is 0.0669. The first-order chi connectivity index (χ1) is 12.9. The zero-order chi connectivity index (χ0) is 19.1. The summed E-state index contributed by atoms with van der Waals surface area (Å²) in [4.78, 5) is 26.0. The van der Waals surface area contributed by atoms with Gasteiger partial charge < -0.3 is 10.2 Å². The minimum Gasteiger partial charge on any atom is -0.353 e. The first kappa shape index (κ1) is 17.9. The number of nitrogens with zero attached hydrogens (tertiary/aromatic N) is 4. The predicted octanol–water partition coefficient (Wildman–Crippen LogP) is 2.61. The minimum atomic E-state index is 0.0669. The highest BCUT2D eigenvalue weighted by Gasteiger charge is 2.45. The first-order valence-corrected chi connectivity index (χ1v) is 9.58. The van der Waals surface area contributed by atoms with E-state index in [4.69, 9.17) is 0 Å². The van der Waals surface area contributed by atoms with E-state index >= 15 is 0 Å². The summed E-state index contributed by atoms with van der Waals surface area (Å²) >= 11 is 0. The van der Waals surface area contributed by atoms with Crippen molar-refractivity contribution in [3.8, 4) is 0 Å². The fraction of sp³-hybridized carbons (Fsp3) is 0.476. The van der Waals surface area contributed by atoms with Crippen LogP contribution in [0.1, 0.15) is 28.8 Å². The zero-order valence-electron chi connectivity index (χ0n) is 16.5. The monoisotopic (exact) mass is 365 g/mol. The van der Waals surface area contributed by atoms with Crippen molar-refractivity contribution in [3.05, 3.63) is 46.9 Å². The maximum atomic E-state index is 12.5. The van der Waals surface area contributed by atoms with Gasteiger partial charge in [-0.2, -0.15) is 0 Å². The van der Waals surface area contributed by atoms with Gasteiger partial charge in [-0.3, -0.25) is 9.69 Å². The molecule has 142 valence electrons. The van der Waals surface area contributed by atoms with Crippen LogP contribution in [0, 0.1) is 27.7 Å². The van der Waals surface area contributed by atoms with Gasteiger partial charge in [-0.25, -0.2) is 9.97 Å². The van der Waals surface area contributed by atoms with Gasteiger partial charge in [-0.05, 0) is 57.4 Å². The molecule has 0 saturated carbocycles. The van der Waals surface area contributed by atoms with Crippen molar-refractivity contribution in [2.45, 2.75) is 46.2 Å². The Balaban J connectivity index is 1.37. The molecule has 27 heavy (non-hydrogen) atoms. The molecule has 2 aromatic rings. The summed E-state index contributed by atoms with van der Waals surface area (Å²) in [5, 5.41) is 3.06. The van der Waals surface area contributed by atoms with Crippen LogP contribution in [-0.2, 0) is 4.79 Å². The van der Waals surface area contributed by atoms with Crippen molar-refractivity contribution in [2.75, 3.05) is 29.9 Å². The lowest BCUT2D eigenvalue weighted by Crippen LogP contribution is -2.70. The number of piperidine rings is 1. The molecule has 1 aromatic heterocycles. The van der Waals surface area contributed by atoms with Crippen molar-refractivity contribution in [1.29, 1.82) is 0 Å². The highest BCUT2D eigenvalue weighted by Crippen LogP contribution is 2.34. The third kappa shape index (κ3) is 3.54. The smallest absolute Gasteiger partial charge is 0.238 e. The van der Waals surface area contributed by atoms with Gasteiger partial charge in [0.1, 0.15) is 12.1 Å². The fourth-order valence-electron chi connectivity index (χ4n) is 4.38. The standard InChI is InChI=1S/C21H27N5O/c1-13-5-14(2)7-17(6-13)24-20(27)11-26-18-8-19(26)10-25(9-18)21-15(3)16(4)22-12-23-21/h5-7,12,18-19H,8-11H2,1-4H3,(H,24,27). The number of aryl methyl sites for hydroxylation is 3. The Morgan fingerprint density at radius 3 is 2.41 bits per heavy atom. The average Bonchev–Trinajstić information content (AvgIpc) is 2.61. The number of hydrogen-bond acceptors (Lipinski definition) is 5. The zero-order valence-corrected chi connectivity index (χ0v) is 16.5. The Hall–Kier alpha value is -2.47. The van der Waals surface area contributed by atoms with Gasteiger partial charge in [0.05, 0.1) is 6.54 Å². The van der Waals surface area contributed by atoms with Gasteiger partial charge in [0.25, 0.3) is 0 Å². The first-order valence-electron chi connectivity index (χ1n) is 9.58. The second-order valence-electron chi connectivity index (χ2n) is 7.95. The number of piperazine rings is 1. The Bertz CT molecular complexity index is 849. The molecule has 5 rings (SSSR count). The normalized spacial score (nSPS) is 21.7. The molecular weight excluding hydrogens is 338 g/mol. The molecule has 3 aliphatic rings. The van der Waals surface area contributed by atoms with Crippen LogP contribution in [0.15, 0.2) is 24.5 Å². The quantitative estimate of drug-likeness (QED) is 0.902. The molecule has 2 bridgehead atoms. The molecule has 3 saturated heterocycles. The third-order valence-electron chi connectivity index (χ3n) is 5.79. The van der Waals surface area contributed by atoms with E-state index < -0.39 is 0 Å². The summed E-state index contributed by atoms with van der Waals surface area (Å²) in [6, 6.07) is 6.99. The molecule has 3 fully saturated rings. The van der Waals surface area contributed by atoms with Crippen LogP contribution in [0.3, 0.4) is 0 Å². The van der Waals surface area contributed by atoms with Gasteiger partial charge in [-0.1, -0.05) is 6.07 Å². The third-order valence-corrected chi connectivity index (χ3v) is 5.79. The topological polar surface area (TPSA) is 61.4 Å². The maximum Gasteiger partial charge on any atom is 0.238 e. The molecule has 0 spiro atoms. The number of aromatic nitrogens is 2. The Morgan fingerprint density at radius 1 is 1.07 bits per heavy atom. The number of fused-ring (bicyclic) bond motifs is 2. The molecule has 6 nitrogen and oxygen atoms in total. The SMILES string of the molecule is Cc1cc(C)cc(NC(=O)CN2C3CC2CN(c2ncnc(C)c2C)C3)c1. The van der Waals surface area contributed by atoms with E-state index in [1.54, 1.807) is 6.33 Å². The highest BCUT2D eigenvalue weighted by molar-refractivity contribution is 5.92. The molecule has 4 heterocycles. The highest BCUT2D eigenvalue weighted by atomic mass is 16.2. The van der Waals surface area contributed by atoms with Crippen molar-refractivity contribution in [2.24, 2.45) is 0 Å².